The molecule has 0 saturated heterocycles. The van der Waals surface area contributed by atoms with E-state index in [1.165, 1.54) is 6.33 Å². The van der Waals surface area contributed by atoms with Crippen molar-refractivity contribution in [3.63, 3.8) is 0 Å². The lowest BCUT2D eigenvalue weighted by atomic mass is 10.3. The number of rotatable bonds is 6. The Labute approximate surface area is 179 Å². The molecule has 0 radical (unpaired) electrons. The van der Waals surface area contributed by atoms with Crippen molar-refractivity contribution in [2.75, 3.05) is 4.72 Å². The molecular weight excluding hydrogens is 418 g/mol. The molecule has 4 aromatic rings. The lowest BCUT2D eigenvalue weighted by molar-refractivity contribution is 0.461. The van der Waals surface area contributed by atoms with Crippen molar-refractivity contribution < 1.29 is 13.2 Å². The van der Waals surface area contributed by atoms with Crippen LogP contribution in [-0.2, 0) is 17.1 Å². The quantitative estimate of drug-likeness (QED) is 0.491. The summed E-state index contributed by atoms with van der Waals surface area (Å²) in [4.78, 5) is 12.7. The van der Waals surface area contributed by atoms with Crippen molar-refractivity contribution in [2.24, 2.45) is 7.05 Å². The van der Waals surface area contributed by atoms with E-state index in [0.717, 1.165) is 5.82 Å². The summed E-state index contributed by atoms with van der Waals surface area (Å²) in [6, 6.07) is 8.25. The molecular formula is C20H21N7O3S. The second-order valence-corrected chi connectivity index (χ2v) is 8.53. The number of benzene rings is 1. The lowest BCUT2D eigenvalue weighted by Gasteiger charge is -2.10. The van der Waals surface area contributed by atoms with Gasteiger partial charge in [0, 0.05) is 31.2 Å². The average Bonchev–Trinajstić information content (AvgIpc) is 3.26. The summed E-state index contributed by atoms with van der Waals surface area (Å²) in [6.07, 6.45) is 4.89. The number of ether oxygens (including phenoxy) is 1. The third-order valence-electron chi connectivity index (χ3n) is 4.74. The van der Waals surface area contributed by atoms with Crippen LogP contribution in [-0.4, -0.2) is 37.7 Å². The second kappa shape index (κ2) is 7.84. The van der Waals surface area contributed by atoms with E-state index in [-0.39, 0.29) is 4.90 Å². The molecule has 3 heterocycles. The van der Waals surface area contributed by atoms with E-state index in [2.05, 4.69) is 24.8 Å². The van der Waals surface area contributed by atoms with Crippen molar-refractivity contribution in [1.29, 1.82) is 0 Å². The summed E-state index contributed by atoms with van der Waals surface area (Å²) in [6.45, 7) is 5.25. The van der Waals surface area contributed by atoms with Crippen LogP contribution in [0.2, 0.25) is 0 Å². The highest BCUT2D eigenvalue weighted by Crippen LogP contribution is 2.25. The van der Waals surface area contributed by atoms with Gasteiger partial charge >= 0.3 is 0 Å². The molecule has 1 aromatic carbocycles. The van der Waals surface area contributed by atoms with Crippen LogP contribution in [0.4, 0.5) is 5.69 Å². The highest BCUT2D eigenvalue weighted by molar-refractivity contribution is 7.92. The number of aromatic nitrogens is 6. The number of imidazole rings is 1. The molecule has 0 fully saturated rings. The van der Waals surface area contributed by atoms with E-state index in [9.17, 15) is 8.42 Å². The Morgan fingerprint density at radius 1 is 1.03 bits per heavy atom. The highest BCUT2D eigenvalue weighted by atomic mass is 32.2. The monoisotopic (exact) mass is 439 g/mol. The molecule has 0 amide bonds. The minimum absolute atomic E-state index is 0.179. The van der Waals surface area contributed by atoms with E-state index in [4.69, 9.17) is 4.74 Å². The minimum atomic E-state index is -3.76. The van der Waals surface area contributed by atoms with Gasteiger partial charge in [-0.15, -0.1) is 0 Å². The fourth-order valence-corrected chi connectivity index (χ4v) is 4.70. The van der Waals surface area contributed by atoms with Gasteiger partial charge in [0.25, 0.3) is 10.0 Å². The van der Waals surface area contributed by atoms with Gasteiger partial charge in [0.15, 0.2) is 0 Å². The first-order chi connectivity index (χ1) is 14.7. The first-order valence-electron chi connectivity index (χ1n) is 9.38. The molecule has 11 heteroatoms. The summed E-state index contributed by atoms with van der Waals surface area (Å²) in [5.41, 5.74) is 1.42. The van der Waals surface area contributed by atoms with Crippen LogP contribution in [0, 0.1) is 20.8 Å². The van der Waals surface area contributed by atoms with Gasteiger partial charge in [-0.25, -0.2) is 23.4 Å². The third-order valence-corrected chi connectivity index (χ3v) is 6.37. The Bertz CT molecular complexity index is 1340. The fraction of sp³-hybridized carbons (Fsp3) is 0.200. The number of sulfonamides is 1. The van der Waals surface area contributed by atoms with Gasteiger partial charge in [0.2, 0.25) is 5.88 Å². The zero-order valence-electron chi connectivity index (χ0n) is 17.4. The molecule has 10 nitrogen and oxygen atoms in total. The van der Waals surface area contributed by atoms with Crippen LogP contribution in [0.25, 0.3) is 5.82 Å². The van der Waals surface area contributed by atoms with Crippen LogP contribution in [0.1, 0.15) is 17.2 Å². The van der Waals surface area contributed by atoms with Crippen molar-refractivity contribution in [1.82, 2.24) is 29.3 Å². The molecule has 0 aliphatic rings. The van der Waals surface area contributed by atoms with Crippen LogP contribution in [0.5, 0.6) is 11.6 Å². The molecule has 3 aromatic heterocycles. The zero-order chi connectivity index (χ0) is 22.2. The Morgan fingerprint density at radius 3 is 2.39 bits per heavy atom. The predicted molar refractivity (Wildman–Crippen MR) is 114 cm³/mol. The molecule has 0 aliphatic heterocycles. The molecule has 31 heavy (non-hydrogen) atoms. The molecule has 0 unspecified atom stereocenters. The average molecular weight is 440 g/mol. The Morgan fingerprint density at radius 2 is 1.77 bits per heavy atom. The van der Waals surface area contributed by atoms with Gasteiger partial charge < -0.3 is 4.74 Å². The topological polar surface area (TPSA) is 117 Å². The zero-order valence-corrected chi connectivity index (χ0v) is 18.3. The molecule has 0 spiro atoms. The number of hydrogen-bond acceptors (Lipinski definition) is 7. The summed E-state index contributed by atoms with van der Waals surface area (Å²) < 4.78 is 37.3. The number of aryl methyl sites for hydroxylation is 3. The van der Waals surface area contributed by atoms with Gasteiger partial charge in [0.05, 0.1) is 11.4 Å². The van der Waals surface area contributed by atoms with E-state index in [1.54, 1.807) is 68.3 Å². The van der Waals surface area contributed by atoms with Crippen LogP contribution < -0.4 is 9.46 Å². The number of hydrogen-bond donors (Lipinski definition) is 1. The van der Waals surface area contributed by atoms with Gasteiger partial charge in [0.1, 0.15) is 28.6 Å². The molecule has 0 aliphatic carbocycles. The maximum absolute atomic E-state index is 12.8. The van der Waals surface area contributed by atoms with Crippen LogP contribution in [0.15, 0.2) is 53.9 Å². The van der Waals surface area contributed by atoms with Crippen LogP contribution in [0.3, 0.4) is 0 Å². The Hall–Kier alpha value is -3.73. The van der Waals surface area contributed by atoms with Crippen molar-refractivity contribution in [2.45, 2.75) is 25.7 Å². The third kappa shape index (κ3) is 4.12. The molecule has 4 rings (SSSR count). The van der Waals surface area contributed by atoms with E-state index >= 15 is 0 Å². The molecule has 1 N–H and O–H groups in total. The first-order valence-corrected chi connectivity index (χ1v) is 10.9. The summed E-state index contributed by atoms with van der Waals surface area (Å²) in [5, 5.41) is 4.17. The smallest absolute Gasteiger partial charge is 0.265 e. The lowest BCUT2D eigenvalue weighted by Crippen LogP contribution is -2.14. The van der Waals surface area contributed by atoms with Gasteiger partial charge in [-0.1, -0.05) is 0 Å². The highest BCUT2D eigenvalue weighted by Gasteiger charge is 2.23. The molecule has 0 saturated carbocycles. The minimum Gasteiger partial charge on any atom is -0.439 e. The van der Waals surface area contributed by atoms with Gasteiger partial charge in [-0.3, -0.25) is 14.0 Å². The molecule has 160 valence electrons. The van der Waals surface area contributed by atoms with E-state index in [1.807, 2.05) is 11.5 Å². The number of nitrogens with one attached hydrogen (secondary N) is 1. The van der Waals surface area contributed by atoms with Crippen molar-refractivity contribution in [3.8, 4) is 17.4 Å². The number of nitrogens with zero attached hydrogens (tertiary/aromatic N) is 6. The van der Waals surface area contributed by atoms with Gasteiger partial charge in [-0.05, 0) is 45.0 Å². The predicted octanol–water partition coefficient (Wildman–Crippen LogP) is 2.91. The Kier molecular flexibility index (Phi) is 5.19. The van der Waals surface area contributed by atoms with Crippen molar-refractivity contribution in [3.05, 3.63) is 66.3 Å². The van der Waals surface area contributed by atoms with Crippen molar-refractivity contribution >= 4 is 15.7 Å². The summed E-state index contributed by atoms with van der Waals surface area (Å²) >= 11 is 0. The standard InChI is InChI=1S/C20H21N7O3S/c1-13-20(14(2)26(4)24-13)31(28,29)25-16-5-7-17(8-6-16)30-19-11-18(22-12-23-19)27-10-9-21-15(27)3/h5-12,25H,1-4H3. The maximum Gasteiger partial charge on any atom is 0.265 e. The SMILES string of the molecule is Cc1nn(C)c(C)c1S(=O)(=O)Nc1ccc(Oc2cc(-n3ccnc3C)ncn2)cc1. The fourth-order valence-electron chi connectivity index (χ4n) is 3.20. The maximum atomic E-state index is 12.8. The molecule has 0 atom stereocenters. The molecule has 0 bridgehead atoms. The second-order valence-electron chi connectivity index (χ2n) is 6.91. The summed E-state index contributed by atoms with van der Waals surface area (Å²) in [5.74, 6) is 2.28. The summed E-state index contributed by atoms with van der Waals surface area (Å²) in [7, 11) is -2.06. The first kappa shape index (κ1) is 20.5. The largest absolute Gasteiger partial charge is 0.439 e. The van der Waals surface area contributed by atoms with Gasteiger partial charge in [-0.2, -0.15) is 5.10 Å². The van der Waals surface area contributed by atoms with E-state index < -0.39 is 10.0 Å². The van der Waals surface area contributed by atoms with E-state index in [0.29, 0.717) is 34.5 Å². The number of anilines is 1. The Balaban J connectivity index is 1.51. The normalized spacial score (nSPS) is 11.5. The van der Waals surface area contributed by atoms with Crippen LogP contribution >= 0.6 is 0 Å².